The molecule has 4 nitrogen and oxygen atoms in total. The molecule has 0 aliphatic heterocycles. The third kappa shape index (κ3) is 3.16. The summed E-state index contributed by atoms with van der Waals surface area (Å²) in [4.78, 5) is 11.3. The third-order valence-corrected chi connectivity index (χ3v) is 4.58. The van der Waals surface area contributed by atoms with Gasteiger partial charge in [0.1, 0.15) is 5.02 Å². The van der Waals surface area contributed by atoms with E-state index in [4.69, 9.17) is 11.6 Å². The van der Waals surface area contributed by atoms with Gasteiger partial charge in [-0.15, -0.1) is 0 Å². The third-order valence-electron chi connectivity index (χ3n) is 3.11. The first-order valence-electron chi connectivity index (χ1n) is 5.73. The molecule has 1 aliphatic rings. The van der Waals surface area contributed by atoms with Crippen LogP contribution in [0.1, 0.15) is 25.7 Å². The summed E-state index contributed by atoms with van der Waals surface area (Å²) in [5, 5.41) is 10.3. The first kappa shape index (κ1) is 12.8. The average Bonchev–Trinajstić information content (AvgIpc) is 2.35. The fourth-order valence-electron chi connectivity index (χ4n) is 2.19. The standard InChI is InChI=1S/C11H16ClN3OS/c1-17-8-4-2-3-7(5-8)14-9-6-13-15-11(16)10(9)12/h6-8H,2-5H2,1H3,(H2,14,15,16). The fraction of sp³-hybridized carbons (Fsp3) is 0.636. The molecular formula is C11H16ClN3OS. The van der Waals surface area contributed by atoms with Crippen molar-refractivity contribution in [2.24, 2.45) is 0 Å². The van der Waals surface area contributed by atoms with E-state index in [2.05, 4.69) is 21.8 Å². The normalized spacial score (nSPS) is 24.6. The number of aromatic amines is 1. The molecule has 0 bridgehead atoms. The Balaban J connectivity index is 2.05. The summed E-state index contributed by atoms with van der Waals surface area (Å²) in [6, 6.07) is 0.391. The van der Waals surface area contributed by atoms with Crippen LogP contribution in [0.5, 0.6) is 0 Å². The van der Waals surface area contributed by atoms with Crippen LogP contribution in [0.15, 0.2) is 11.0 Å². The lowest BCUT2D eigenvalue weighted by atomic mass is 9.95. The van der Waals surface area contributed by atoms with E-state index in [-0.39, 0.29) is 10.6 Å². The molecule has 6 heteroatoms. The number of anilines is 1. The Morgan fingerprint density at radius 2 is 2.41 bits per heavy atom. The highest BCUT2D eigenvalue weighted by molar-refractivity contribution is 7.99. The minimum Gasteiger partial charge on any atom is -0.380 e. The summed E-state index contributed by atoms with van der Waals surface area (Å²) in [5.74, 6) is 0. The zero-order valence-corrected chi connectivity index (χ0v) is 11.3. The Morgan fingerprint density at radius 3 is 3.18 bits per heavy atom. The highest BCUT2D eigenvalue weighted by atomic mass is 35.5. The molecule has 1 aliphatic carbocycles. The Labute approximate surface area is 110 Å². The summed E-state index contributed by atoms with van der Waals surface area (Å²) in [6.45, 7) is 0. The van der Waals surface area contributed by atoms with E-state index in [9.17, 15) is 4.79 Å². The van der Waals surface area contributed by atoms with Gasteiger partial charge in [0.2, 0.25) is 0 Å². The van der Waals surface area contributed by atoms with Crippen molar-refractivity contribution in [2.75, 3.05) is 11.6 Å². The van der Waals surface area contributed by atoms with E-state index in [1.54, 1.807) is 6.20 Å². The second-order valence-electron chi connectivity index (χ2n) is 4.29. The van der Waals surface area contributed by atoms with Gasteiger partial charge in [-0.1, -0.05) is 18.0 Å². The molecule has 1 aromatic rings. The summed E-state index contributed by atoms with van der Waals surface area (Å²) in [7, 11) is 0. The first-order chi connectivity index (χ1) is 8.20. The number of nitrogens with zero attached hydrogens (tertiary/aromatic N) is 1. The molecule has 1 aromatic heterocycles. The van der Waals surface area contributed by atoms with Gasteiger partial charge in [0.25, 0.3) is 5.56 Å². The van der Waals surface area contributed by atoms with Crippen molar-refractivity contribution >= 4 is 29.1 Å². The van der Waals surface area contributed by atoms with E-state index >= 15 is 0 Å². The van der Waals surface area contributed by atoms with Crippen LogP contribution in [0.3, 0.4) is 0 Å². The van der Waals surface area contributed by atoms with Gasteiger partial charge in [-0.05, 0) is 25.5 Å². The Hall–Kier alpha value is -0.680. The van der Waals surface area contributed by atoms with Crippen LogP contribution in [-0.4, -0.2) is 27.7 Å². The topological polar surface area (TPSA) is 57.8 Å². The molecule has 0 radical (unpaired) electrons. The smallest absolute Gasteiger partial charge is 0.285 e. The maximum atomic E-state index is 11.3. The van der Waals surface area contributed by atoms with Gasteiger partial charge < -0.3 is 5.32 Å². The SMILES string of the molecule is CSC1CCCC(Nc2cn[nH]c(=O)c2Cl)C1. The van der Waals surface area contributed by atoms with E-state index in [0.29, 0.717) is 17.0 Å². The number of rotatable bonds is 3. The number of thioether (sulfide) groups is 1. The summed E-state index contributed by atoms with van der Waals surface area (Å²) >= 11 is 7.84. The maximum Gasteiger partial charge on any atom is 0.285 e. The zero-order valence-electron chi connectivity index (χ0n) is 9.70. The van der Waals surface area contributed by atoms with Crippen molar-refractivity contribution in [3.8, 4) is 0 Å². The predicted molar refractivity (Wildman–Crippen MR) is 73.0 cm³/mol. The van der Waals surface area contributed by atoms with Gasteiger partial charge in [-0.3, -0.25) is 4.79 Å². The molecule has 17 heavy (non-hydrogen) atoms. The fourth-order valence-corrected chi connectivity index (χ4v) is 3.17. The highest BCUT2D eigenvalue weighted by Crippen LogP contribution is 2.29. The predicted octanol–water partition coefficient (Wildman–Crippen LogP) is 2.51. The van der Waals surface area contributed by atoms with Crippen molar-refractivity contribution in [1.29, 1.82) is 0 Å². The van der Waals surface area contributed by atoms with Crippen LogP contribution >= 0.6 is 23.4 Å². The van der Waals surface area contributed by atoms with Crippen molar-refractivity contribution in [3.05, 3.63) is 21.6 Å². The second-order valence-corrected chi connectivity index (χ2v) is 5.81. The highest BCUT2D eigenvalue weighted by Gasteiger charge is 2.22. The number of hydrogen-bond donors (Lipinski definition) is 2. The van der Waals surface area contributed by atoms with E-state index in [1.807, 2.05) is 11.8 Å². The largest absolute Gasteiger partial charge is 0.380 e. The molecule has 0 aromatic carbocycles. The Bertz CT molecular complexity index is 437. The zero-order chi connectivity index (χ0) is 12.3. The molecule has 0 amide bonds. The average molecular weight is 274 g/mol. The number of halogens is 1. The van der Waals surface area contributed by atoms with E-state index in [1.165, 1.54) is 12.8 Å². The number of nitrogens with one attached hydrogen (secondary N) is 2. The van der Waals surface area contributed by atoms with Crippen LogP contribution < -0.4 is 10.9 Å². The maximum absolute atomic E-state index is 11.3. The Kier molecular flexibility index (Phi) is 4.34. The molecule has 0 saturated heterocycles. The molecule has 2 atom stereocenters. The van der Waals surface area contributed by atoms with E-state index in [0.717, 1.165) is 12.8 Å². The molecule has 2 rings (SSSR count). The van der Waals surface area contributed by atoms with Crippen LogP contribution in [0.25, 0.3) is 0 Å². The lowest BCUT2D eigenvalue weighted by Gasteiger charge is -2.29. The lowest BCUT2D eigenvalue weighted by molar-refractivity contribution is 0.473. The number of aromatic nitrogens is 2. The van der Waals surface area contributed by atoms with Gasteiger partial charge in [0.15, 0.2) is 0 Å². The summed E-state index contributed by atoms with van der Waals surface area (Å²) in [6.07, 6.45) is 8.46. The molecule has 1 saturated carbocycles. The summed E-state index contributed by atoms with van der Waals surface area (Å²) < 4.78 is 0. The second kappa shape index (κ2) is 5.78. The van der Waals surface area contributed by atoms with Crippen LogP contribution in [0.2, 0.25) is 5.02 Å². The number of hydrogen-bond acceptors (Lipinski definition) is 4. The number of H-pyrrole nitrogens is 1. The molecule has 94 valence electrons. The van der Waals surface area contributed by atoms with Crippen molar-refractivity contribution in [3.63, 3.8) is 0 Å². The minimum atomic E-state index is -0.339. The minimum absolute atomic E-state index is 0.200. The molecule has 1 heterocycles. The van der Waals surface area contributed by atoms with Gasteiger partial charge >= 0.3 is 0 Å². The van der Waals surface area contributed by atoms with Crippen molar-refractivity contribution in [2.45, 2.75) is 37.0 Å². The molecular weight excluding hydrogens is 258 g/mol. The molecule has 0 spiro atoms. The van der Waals surface area contributed by atoms with Crippen molar-refractivity contribution in [1.82, 2.24) is 10.2 Å². The molecule has 2 N–H and O–H groups in total. The van der Waals surface area contributed by atoms with Gasteiger partial charge in [0, 0.05) is 11.3 Å². The van der Waals surface area contributed by atoms with Gasteiger partial charge in [0.05, 0.1) is 11.9 Å². The molecule has 2 unspecified atom stereocenters. The first-order valence-corrected chi connectivity index (χ1v) is 7.40. The summed E-state index contributed by atoms with van der Waals surface area (Å²) in [5.41, 5.74) is 0.302. The van der Waals surface area contributed by atoms with E-state index < -0.39 is 0 Å². The van der Waals surface area contributed by atoms with Crippen LogP contribution in [0, 0.1) is 0 Å². The lowest BCUT2D eigenvalue weighted by Crippen LogP contribution is -2.29. The molecule has 1 fully saturated rings. The van der Waals surface area contributed by atoms with Crippen LogP contribution in [0.4, 0.5) is 5.69 Å². The van der Waals surface area contributed by atoms with Gasteiger partial charge in [-0.25, -0.2) is 5.10 Å². The van der Waals surface area contributed by atoms with Gasteiger partial charge in [-0.2, -0.15) is 16.9 Å². The quantitative estimate of drug-likeness (QED) is 0.888. The monoisotopic (exact) mass is 273 g/mol. The van der Waals surface area contributed by atoms with Crippen molar-refractivity contribution < 1.29 is 0 Å². The van der Waals surface area contributed by atoms with Crippen LogP contribution in [-0.2, 0) is 0 Å². The Morgan fingerprint density at radius 1 is 1.59 bits per heavy atom.